The van der Waals surface area contributed by atoms with Gasteiger partial charge in [0.2, 0.25) is 0 Å². The highest BCUT2D eigenvalue weighted by Crippen LogP contribution is 2.27. The van der Waals surface area contributed by atoms with Crippen molar-refractivity contribution in [3.8, 4) is 11.1 Å². The molecule has 1 aromatic heterocycles. The van der Waals surface area contributed by atoms with E-state index in [9.17, 15) is 9.90 Å². The minimum Gasteiger partial charge on any atom is -0.394 e. The van der Waals surface area contributed by atoms with Gasteiger partial charge in [-0.1, -0.05) is 12.1 Å². The van der Waals surface area contributed by atoms with Crippen LogP contribution in [0.4, 0.5) is 5.82 Å². The summed E-state index contributed by atoms with van der Waals surface area (Å²) in [5.41, 5.74) is 9.18. The summed E-state index contributed by atoms with van der Waals surface area (Å²) in [4.78, 5) is 18.7. The van der Waals surface area contributed by atoms with Gasteiger partial charge in [0.15, 0.2) is 0 Å². The number of hydrogen-bond donors (Lipinski definition) is 2. The molecule has 2 aromatic rings. The summed E-state index contributed by atoms with van der Waals surface area (Å²) < 4.78 is 0. The molecule has 0 radical (unpaired) electrons. The average Bonchev–Trinajstić information content (AvgIpc) is 3.03. The number of aliphatic hydroxyl groups is 1. The summed E-state index contributed by atoms with van der Waals surface area (Å²) in [5, 5.41) is 9.41. The maximum absolute atomic E-state index is 12.7. The van der Waals surface area contributed by atoms with Crippen molar-refractivity contribution < 1.29 is 9.90 Å². The summed E-state index contributed by atoms with van der Waals surface area (Å²) in [5.74, 6) is 0.422. The molecule has 5 heteroatoms. The van der Waals surface area contributed by atoms with E-state index in [1.54, 1.807) is 11.0 Å². The van der Waals surface area contributed by atoms with Gasteiger partial charge in [0.25, 0.3) is 5.91 Å². The Morgan fingerprint density at radius 3 is 2.96 bits per heavy atom. The Bertz CT molecular complexity index is 730. The quantitative estimate of drug-likeness (QED) is 0.911. The smallest absolute Gasteiger partial charge is 0.254 e. The molecule has 0 spiro atoms. The molecule has 0 unspecified atom stereocenters. The second kappa shape index (κ2) is 6.38. The number of likely N-dealkylation sites (tertiary alicyclic amines) is 1. The van der Waals surface area contributed by atoms with E-state index >= 15 is 0 Å². The zero-order chi connectivity index (χ0) is 16.4. The third-order valence-corrected chi connectivity index (χ3v) is 4.33. The Morgan fingerprint density at radius 2 is 2.22 bits per heavy atom. The average molecular weight is 311 g/mol. The number of nitrogen functional groups attached to an aromatic ring is 1. The molecule has 0 aliphatic carbocycles. The normalized spacial score (nSPS) is 17.5. The second-order valence-electron chi connectivity index (χ2n) is 5.94. The van der Waals surface area contributed by atoms with Gasteiger partial charge in [-0.2, -0.15) is 0 Å². The topological polar surface area (TPSA) is 79.5 Å². The summed E-state index contributed by atoms with van der Waals surface area (Å²) in [6.45, 7) is 2.60. The van der Waals surface area contributed by atoms with Crippen molar-refractivity contribution in [2.75, 3.05) is 18.9 Å². The third-order valence-electron chi connectivity index (χ3n) is 4.33. The van der Waals surface area contributed by atoms with E-state index in [0.29, 0.717) is 17.9 Å². The molecule has 1 aliphatic heterocycles. The van der Waals surface area contributed by atoms with Crippen LogP contribution in [0.5, 0.6) is 0 Å². The Balaban J connectivity index is 1.92. The Hall–Kier alpha value is -2.40. The molecule has 120 valence electrons. The molecule has 1 saturated heterocycles. The van der Waals surface area contributed by atoms with Gasteiger partial charge in [-0.05, 0) is 49.6 Å². The Morgan fingerprint density at radius 1 is 1.39 bits per heavy atom. The van der Waals surface area contributed by atoms with E-state index in [0.717, 1.165) is 29.7 Å². The van der Waals surface area contributed by atoms with E-state index in [1.165, 1.54) is 0 Å². The minimum atomic E-state index is -0.0720. The number of carbonyl (C=O) groups is 1. The molecule has 0 saturated carbocycles. The first-order valence-corrected chi connectivity index (χ1v) is 7.85. The standard InChI is InChI=1S/C18H21N3O2/c1-12-7-8-16(17(19)20-12)13-4-2-5-14(10-13)18(23)21-9-3-6-15(21)11-22/h2,4-5,7-8,10,15,22H,3,6,9,11H2,1H3,(H2,19,20)/t15-/m0/s1. The van der Waals surface area contributed by atoms with Crippen LogP contribution < -0.4 is 5.73 Å². The third kappa shape index (κ3) is 3.05. The maximum Gasteiger partial charge on any atom is 0.254 e. The lowest BCUT2D eigenvalue weighted by atomic mass is 10.0. The zero-order valence-corrected chi connectivity index (χ0v) is 13.2. The van der Waals surface area contributed by atoms with Crippen LogP contribution >= 0.6 is 0 Å². The molecule has 1 aliphatic rings. The van der Waals surface area contributed by atoms with Crippen LogP contribution in [0.15, 0.2) is 36.4 Å². The predicted octanol–water partition coefficient (Wildman–Crippen LogP) is 2.24. The monoisotopic (exact) mass is 311 g/mol. The number of hydrogen-bond acceptors (Lipinski definition) is 4. The number of anilines is 1. The molecule has 23 heavy (non-hydrogen) atoms. The lowest BCUT2D eigenvalue weighted by Crippen LogP contribution is -2.37. The van der Waals surface area contributed by atoms with Gasteiger partial charge in [-0.3, -0.25) is 4.79 Å². The van der Waals surface area contributed by atoms with Gasteiger partial charge < -0.3 is 15.7 Å². The zero-order valence-electron chi connectivity index (χ0n) is 13.2. The van der Waals surface area contributed by atoms with Crippen molar-refractivity contribution in [1.82, 2.24) is 9.88 Å². The number of benzene rings is 1. The number of nitrogens with zero attached hydrogens (tertiary/aromatic N) is 2. The first-order valence-electron chi connectivity index (χ1n) is 7.85. The van der Waals surface area contributed by atoms with Crippen molar-refractivity contribution >= 4 is 11.7 Å². The van der Waals surface area contributed by atoms with Crippen LogP contribution in [0, 0.1) is 6.92 Å². The van der Waals surface area contributed by atoms with Gasteiger partial charge in [-0.25, -0.2) is 4.98 Å². The van der Waals surface area contributed by atoms with Gasteiger partial charge >= 0.3 is 0 Å². The first kappa shape index (κ1) is 15.5. The molecule has 5 nitrogen and oxygen atoms in total. The van der Waals surface area contributed by atoms with Crippen LogP contribution in [0.3, 0.4) is 0 Å². The van der Waals surface area contributed by atoms with Crippen LogP contribution in [0.25, 0.3) is 11.1 Å². The molecule has 3 rings (SSSR count). The number of rotatable bonds is 3. The van der Waals surface area contributed by atoms with Crippen molar-refractivity contribution in [3.05, 3.63) is 47.7 Å². The summed E-state index contributed by atoms with van der Waals surface area (Å²) in [6.07, 6.45) is 1.79. The van der Waals surface area contributed by atoms with Gasteiger partial charge in [0.1, 0.15) is 5.82 Å². The molecule has 1 fully saturated rings. The summed E-state index contributed by atoms with van der Waals surface area (Å²) in [6, 6.07) is 11.2. The molecule has 1 amide bonds. The van der Waals surface area contributed by atoms with E-state index < -0.39 is 0 Å². The fourth-order valence-corrected chi connectivity index (χ4v) is 3.10. The molecule has 2 heterocycles. The number of carbonyl (C=O) groups excluding carboxylic acids is 1. The largest absolute Gasteiger partial charge is 0.394 e. The number of aromatic nitrogens is 1. The summed E-state index contributed by atoms with van der Waals surface area (Å²) in [7, 11) is 0. The number of amides is 1. The van der Waals surface area contributed by atoms with Crippen molar-refractivity contribution in [2.45, 2.75) is 25.8 Å². The number of nitrogens with two attached hydrogens (primary N) is 1. The highest BCUT2D eigenvalue weighted by atomic mass is 16.3. The van der Waals surface area contributed by atoms with E-state index in [-0.39, 0.29) is 18.6 Å². The molecule has 0 bridgehead atoms. The van der Waals surface area contributed by atoms with Gasteiger partial charge in [0.05, 0.1) is 12.6 Å². The van der Waals surface area contributed by atoms with Crippen LogP contribution in [0.2, 0.25) is 0 Å². The van der Waals surface area contributed by atoms with Crippen LogP contribution in [-0.4, -0.2) is 40.1 Å². The summed E-state index contributed by atoms with van der Waals surface area (Å²) >= 11 is 0. The predicted molar refractivity (Wildman–Crippen MR) is 90.0 cm³/mol. The minimum absolute atomic E-state index is 0.0141. The lowest BCUT2D eigenvalue weighted by molar-refractivity contribution is 0.0677. The van der Waals surface area contributed by atoms with E-state index in [4.69, 9.17) is 5.73 Å². The molecule has 3 N–H and O–H groups in total. The number of aryl methyl sites for hydroxylation is 1. The highest BCUT2D eigenvalue weighted by molar-refractivity contribution is 5.96. The molecule has 1 atom stereocenters. The highest BCUT2D eigenvalue weighted by Gasteiger charge is 2.28. The van der Waals surface area contributed by atoms with Crippen LogP contribution in [-0.2, 0) is 0 Å². The van der Waals surface area contributed by atoms with Gasteiger partial charge in [-0.15, -0.1) is 0 Å². The fourth-order valence-electron chi connectivity index (χ4n) is 3.10. The fraction of sp³-hybridized carbons (Fsp3) is 0.333. The number of aliphatic hydroxyl groups excluding tert-OH is 1. The van der Waals surface area contributed by atoms with E-state index in [1.807, 2.05) is 37.3 Å². The Kier molecular flexibility index (Phi) is 4.30. The maximum atomic E-state index is 12.7. The van der Waals surface area contributed by atoms with E-state index in [2.05, 4.69) is 4.98 Å². The number of pyridine rings is 1. The van der Waals surface area contributed by atoms with Crippen molar-refractivity contribution in [2.24, 2.45) is 0 Å². The van der Waals surface area contributed by atoms with Gasteiger partial charge in [0, 0.05) is 23.4 Å². The Labute approximate surface area is 135 Å². The SMILES string of the molecule is Cc1ccc(-c2cccc(C(=O)N3CCC[C@H]3CO)c2)c(N)n1. The molecule has 1 aromatic carbocycles. The first-order chi connectivity index (χ1) is 11.1. The second-order valence-corrected chi connectivity index (χ2v) is 5.94. The van der Waals surface area contributed by atoms with Crippen LogP contribution in [0.1, 0.15) is 28.9 Å². The van der Waals surface area contributed by atoms with Crippen molar-refractivity contribution in [1.29, 1.82) is 0 Å². The molecular formula is C18H21N3O2. The van der Waals surface area contributed by atoms with Crippen molar-refractivity contribution in [3.63, 3.8) is 0 Å². The lowest BCUT2D eigenvalue weighted by Gasteiger charge is -2.23. The molecular weight excluding hydrogens is 290 g/mol.